The zero-order valence-electron chi connectivity index (χ0n) is 12.1. The second-order valence-electron chi connectivity index (χ2n) is 5.92. The van der Waals surface area contributed by atoms with Gasteiger partial charge in [0, 0.05) is 17.1 Å². The maximum absolute atomic E-state index is 6.12. The van der Waals surface area contributed by atoms with Crippen LogP contribution in [-0.2, 0) is 6.42 Å². The number of benzene rings is 2. The topological polar surface area (TPSA) is 38.9 Å². The molecule has 0 saturated heterocycles. The number of hydrogen-bond acceptors (Lipinski definition) is 2. The van der Waals surface area contributed by atoms with Crippen LogP contribution in [-0.4, -0.2) is 4.98 Å². The fourth-order valence-electron chi connectivity index (χ4n) is 3.24. The maximum Gasteiger partial charge on any atom is 0.0705 e. The third-order valence-electron chi connectivity index (χ3n) is 4.43. The predicted octanol–water partition coefficient (Wildman–Crippen LogP) is 4.16. The molecule has 0 aliphatic heterocycles. The van der Waals surface area contributed by atoms with Crippen molar-refractivity contribution in [1.29, 1.82) is 0 Å². The van der Waals surface area contributed by atoms with E-state index in [4.69, 9.17) is 5.73 Å². The summed E-state index contributed by atoms with van der Waals surface area (Å²) in [4.78, 5) is 4.56. The Balaban J connectivity index is 1.81. The number of hydrogen-bond donors (Lipinski definition) is 1. The Morgan fingerprint density at radius 1 is 1.00 bits per heavy atom. The third kappa shape index (κ3) is 2.12. The molecule has 2 aromatic carbocycles. The van der Waals surface area contributed by atoms with Crippen LogP contribution in [0.5, 0.6) is 0 Å². The number of nitrogens with two attached hydrogens (primary N) is 1. The normalized spacial score (nSPS) is 17.1. The smallest absolute Gasteiger partial charge is 0.0705 e. The molecule has 0 radical (unpaired) electrons. The zero-order valence-corrected chi connectivity index (χ0v) is 12.1. The van der Waals surface area contributed by atoms with Crippen molar-refractivity contribution in [2.45, 2.75) is 25.8 Å². The average Bonchev–Trinajstić information content (AvgIpc) is 2.87. The molecule has 0 fully saturated rings. The van der Waals surface area contributed by atoms with Gasteiger partial charge in [-0.1, -0.05) is 30.3 Å². The first-order chi connectivity index (χ1) is 10.2. The van der Waals surface area contributed by atoms with Gasteiger partial charge in [-0.15, -0.1) is 0 Å². The van der Waals surface area contributed by atoms with Crippen LogP contribution < -0.4 is 5.73 Å². The minimum Gasteiger partial charge on any atom is -0.324 e. The van der Waals surface area contributed by atoms with Gasteiger partial charge in [-0.2, -0.15) is 0 Å². The van der Waals surface area contributed by atoms with Gasteiger partial charge in [0.2, 0.25) is 0 Å². The van der Waals surface area contributed by atoms with E-state index in [-0.39, 0.29) is 6.04 Å². The fourth-order valence-corrected chi connectivity index (χ4v) is 3.24. The van der Waals surface area contributed by atoms with Crippen LogP contribution in [0.3, 0.4) is 0 Å². The molecule has 0 saturated carbocycles. The maximum atomic E-state index is 6.12. The van der Waals surface area contributed by atoms with Gasteiger partial charge < -0.3 is 5.73 Å². The second kappa shape index (κ2) is 4.68. The van der Waals surface area contributed by atoms with Crippen molar-refractivity contribution < 1.29 is 0 Å². The van der Waals surface area contributed by atoms with Crippen LogP contribution in [0.25, 0.3) is 22.0 Å². The minimum absolute atomic E-state index is 0.220. The molecule has 4 rings (SSSR count). The first-order valence-corrected chi connectivity index (χ1v) is 7.47. The van der Waals surface area contributed by atoms with Crippen LogP contribution in [0.1, 0.15) is 29.3 Å². The molecular weight excluding hydrogens is 256 g/mol. The van der Waals surface area contributed by atoms with Crippen molar-refractivity contribution in [1.82, 2.24) is 4.98 Å². The molecule has 21 heavy (non-hydrogen) atoms. The Kier molecular flexibility index (Phi) is 2.79. The highest BCUT2D eigenvalue weighted by Crippen LogP contribution is 2.33. The summed E-state index contributed by atoms with van der Waals surface area (Å²) >= 11 is 0. The van der Waals surface area contributed by atoms with Gasteiger partial charge >= 0.3 is 0 Å². The van der Waals surface area contributed by atoms with Crippen molar-refractivity contribution in [3.8, 4) is 11.1 Å². The summed E-state index contributed by atoms with van der Waals surface area (Å²) in [6, 6.07) is 17.6. The van der Waals surface area contributed by atoms with Crippen LogP contribution in [0, 0.1) is 6.92 Å². The number of aryl methyl sites for hydroxylation is 2. The molecule has 104 valence electrons. The standard InChI is InChI=1S/C19H18N2/c1-12-2-3-16-11-14(6-9-19(16)21-12)13-4-7-17-15(10-13)5-8-18(17)20/h2-4,6-7,9-11,18H,5,8,20H2,1H3. The van der Waals surface area contributed by atoms with Gasteiger partial charge in [-0.05, 0) is 60.2 Å². The largest absolute Gasteiger partial charge is 0.324 e. The summed E-state index contributed by atoms with van der Waals surface area (Å²) in [6.45, 7) is 2.02. The number of pyridine rings is 1. The van der Waals surface area contributed by atoms with E-state index in [9.17, 15) is 0 Å². The molecule has 1 heterocycles. The van der Waals surface area contributed by atoms with Gasteiger partial charge in [0.05, 0.1) is 5.52 Å². The van der Waals surface area contributed by atoms with Crippen LogP contribution in [0.15, 0.2) is 48.5 Å². The van der Waals surface area contributed by atoms with E-state index in [0.29, 0.717) is 0 Å². The van der Waals surface area contributed by atoms with Crippen molar-refractivity contribution >= 4 is 10.9 Å². The van der Waals surface area contributed by atoms with Crippen molar-refractivity contribution in [3.05, 3.63) is 65.4 Å². The van der Waals surface area contributed by atoms with Gasteiger partial charge in [0.25, 0.3) is 0 Å². The minimum atomic E-state index is 0.220. The molecule has 1 aliphatic carbocycles. The lowest BCUT2D eigenvalue weighted by atomic mass is 9.98. The molecule has 0 amide bonds. The molecule has 3 aromatic rings. The molecule has 1 aliphatic rings. The summed E-state index contributed by atoms with van der Waals surface area (Å²) < 4.78 is 0. The molecule has 1 atom stereocenters. The Morgan fingerprint density at radius 2 is 1.81 bits per heavy atom. The van der Waals surface area contributed by atoms with Gasteiger partial charge in [0.15, 0.2) is 0 Å². The number of fused-ring (bicyclic) bond motifs is 2. The highest BCUT2D eigenvalue weighted by Gasteiger charge is 2.19. The van der Waals surface area contributed by atoms with E-state index in [0.717, 1.165) is 24.1 Å². The van der Waals surface area contributed by atoms with E-state index in [2.05, 4.69) is 53.5 Å². The molecule has 0 bridgehead atoms. The number of rotatable bonds is 1. The van der Waals surface area contributed by atoms with Crippen molar-refractivity contribution in [3.63, 3.8) is 0 Å². The van der Waals surface area contributed by atoms with Gasteiger partial charge in [-0.25, -0.2) is 0 Å². The predicted molar refractivity (Wildman–Crippen MR) is 87.2 cm³/mol. The first kappa shape index (κ1) is 12.5. The van der Waals surface area contributed by atoms with Crippen LogP contribution in [0.2, 0.25) is 0 Å². The lowest BCUT2D eigenvalue weighted by molar-refractivity contribution is 0.713. The van der Waals surface area contributed by atoms with E-state index >= 15 is 0 Å². The van der Waals surface area contributed by atoms with Gasteiger partial charge in [-0.3, -0.25) is 4.98 Å². The number of nitrogens with zero attached hydrogens (tertiary/aromatic N) is 1. The van der Waals surface area contributed by atoms with Crippen molar-refractivity contribution in [2.24, 2.45) is 5.73 Å². The Hall–Kier alpha value is -2.19. The lowest BCUT2D eigenvalue weighted by Gasteiger charge is -2.08. The molecule has 2 N–H and O–H groups in total. The molecule has 2 nitrogen and oxygen atoms in total. The Morgan fingerprint density at radius 3 is 2.71 bits per heavy atom. The lowest BCUT2D eigenvalue weighted by Crippen LogP contribution is -2.04. The summed E-state index contributed by atoms with van der Waals surface area (Å²) in [7, 11) is 0. The molecule has 1 unspecified atom stereocenters. The summed E-state index contributed by atoms with van der Waals surface area (Å²) in [6.07, 6.45) is 2.17. The van der Waals surface area contributed by atoms with E-state index in [1.54, 1.807) is 0 Å². The van der Waals surface area contributed by atoms with Crippen LogP contribution >= 0.6 is 0 Å². The molecule has 0 spiro atoms. The summed E-state index contributed by atoms with van der Waals surface area (Å²) in [5, 5.41) is 1.19. The number of aromatic nitrogens is 1. The summed E-state index contributed by atoms with van der Waals surface area (Å²) in [5.41, 5.74) is 13.5. The monoisotopic (exact) mass is 274 g/mol. The van der Waals surface area contributed by atoms with E-state index in [1.807, 2.05) is 6.92 Å². The second-order valence-corrected chi connectivity index (χ2v) is 5.92. The highest BCUT2D eigenvalue weighted by molar-refractivity contribution is 5.84. The van der Waals surface area contributed by atoms with E-state index < -0.39 is 0 Å². The first-order valence-electron chi connectivity index (χ1n) is 7.47. The Labute approximate surface area is 124 Å². The van der Waals surface area contributed by atoms with Crippen LogP contribution in [0.4, 0.5) is 0 Å². The SMILES string of the molecule is Cc1ccc2cc(-c3ccc4c(c3)CCC4N)ccc2n1. The molecular formula is C19H18N2. The Bertz CT molecular complexity index is 836. The van der Waals surface area contributed by atoms with E-state index in [1.165, 1.54) is 27.6 Å². The van der Waals surface area contributed by atoms with Crippen molar-refractivity contribution in [2.75, 3.05) is 0 Å². The average molecular weight is 274 g/mol. The molecule has 2 heteroatoms. The van der Waals surface area contributed by atoms with Gasteiger partial charge in [0.1, 0.15) is 0 Å². The zero-order chi connectivity index (χ0) is 14.4. The highest BCUT2D eigenvalue weighted by atomic mass is 14.7. The quantitative estimate of drug-likeness (QED) is 0.723. The third-order valence-corrected chi connectivity index (χ3v) is 4.43. The summed E-state index contributed by atoms with van der Waals surface area (Å²) in [5.74, 6) is 0. The molecule has 1 aromatic heterocycles. The fraction of sp³-hybridized carbons (Fsp3) is 0.211.